The molecule has 1 fully saturated rings. The van der Waals surface area contributed by atoms with Gasteiger partial charge in [0.2, 0.25) is 0 Å². The van der Waals surface area contributed by atoms with Crippen molar-refractivity contribution < 1.29 is 0 Å². The van der Waals surface area contributed by atoms with Gasteiger partial charge >= 0.3 is 0 Å². The molecule has 24 heavy (non-hydrogen) atoms. The van der Waals surface area contributed by atoms with Gasteiger partial charge in [0, 0.05) is 31.1 Å². The Morgan fingerprint density at radius 1 is 1.33 bits per heavy atom. The Morgan fingerprint density at radius 2 is 2.25 bits per heavy atom. The van der Waals surface area contributed by atoms with Crippen molar-refractivity contribution in [2.45, 2.75) is 25.4 Å². The second-order valence-electron chi connectivity index (χ2n) is 6.28. The summed E-state index contributed by atoms with van der Waals surface area (Å²) < 4.78 is 0. The lowest BCUT2D eigenvalue weighted by molar-refractivity contribution is 0.125. The Labute approximate surface area is 152 Å². The molecule has 130 valence electrons. The average Bonchev–Trinajstić information content (AvgIpc) is 3.29. The highest BCUT2D eigenvalue weighted by Gasteiger charge is 2.31. The number of hydrogen-bond donors (Lipinski definition) is 2. The maximum atomic E-state index is 4.37. The van der Waals surface area contributed by atoms with Crippen LogP contribution in [0.15, 0.2) is 39.3 Å². The summed E-state index contributed by atoms with van der Waals surface area (Å²) in [5, 5.41) is 13.4. The molecule has 0 radical (unpaired) electrons. The summed E-state index contributed by atoms with van der Waals surface area (Å²) in [4.78, 5) is 8.35. The zero-order valence-corrected chi connectivity index (χ0v) is 16.0. The van der Waals surface area contributed by atoms with Crippen molar-refractivity contribution in [3.8, 4) is 0 Å². The number of likely N-dealkylation sites (tertiary alicyclic amines) is 1. The molecule has 4 nitrogen and oxygen atoms in total. The van der Waals surface area contributed by atoms with Gasteiger partial charge in [0.15, 0.2) is 5.96 Å². The molecular formula is C18H26N4S2. The molecule has 2 N–H and O–H groups in total. The van der Waals surface area contributed by atoms with Gasteiger partial charge in [-0.05, 0) is 66.2 Å². The topological polar surface area (TPSA) is 39.7 Å². The molecule has 0 amide bonds. The lowest BCUT2D eigenvalue weighted by Gasteiger charge is -2.39. The fourth-order valence-corrected chi connectivity index (χ4v) is 5.06. The van der Waals surface area contributed by atoms with Crippen LogP contribution >= 0.6 is 22.7 Å². The summed E-state index contributed by atoms with van der Waals surface area (Å²) >= 11 is 3.60. The van der Waals surface area contributed by atoms with Crippen LogP contribution in [-0.2, 0) is 6.54 Å². The minimum atomic E-state index is 0.515. The summed E-state index contributed by atoms with van der Waals surface area (Å²) in [7, 11) is 4.09. The summed E-state index contributed by atoms with van der Waals surface area (Å²) in [6.07, 6.45) is 2.53. The first-order valence-electron chi connectivity index (χ1n) is 8.47. The van der Waals surface area contributed by atoms with Gasteiger partial charge in [-0.3, -0.25) is 9.89 Å². The van der Waals surface area contributed by atoms with Crippen molar-refractivity contribution in [3.05, 3.63) is 44.8 Å². The van der Waals surface area contributed by atoms with E-state index in [4.69, 9.17) is 0 Å². The SMILES string of the molecule is CN=C(NCc1ccsc1)NCC1CCCN(C)C1c1cccs1. The molecule has 3 heterocycles. The second-order valence-corrected chi connectivity index (χ2v) is 8.04. The van der Waals surface area contributed by atoms with E-state index in [-0.39, 0.29) is 0 Å². The predicted octanol–water partition coefficient (Wildman–Crippen LogP) is 3.56. The van der Waals surface area contributed by atoms with E-state index in [1.165, 1.54) is 29.8 Å². The van der Waals surface area contributed by atoms with E-state index < -0.39 is 0 Å². The van der Waals surface area contributed by atoms with E-state index in [9.17, 15) is 0 Å². The zero-order valence-electron chi connectivity index (χ0n) is 14.4. The summed E-state index contributed by atoms with van der Waals surface area (Å²) in [6, 6.07) is 7.09. The van der Waals surface area contributed by atoms with Gasteiger partial charge in [0.25, 0.3) is 0 Å². The van der Waals surface area contributed by atoms with Gasteiger partial charge in [-0.1, -0.05) is 6.07 Å². The first-order valence-corrected chi connectivity index (χ1v) is 10.3. The lowest BCUT2D eigenvalue weighted by atomic mass is 9.88. The van der Waals surface area contributed by atoms with E-state index in [2.05, 4.69) is 61.9 Å². The number of hydrogen-bond acceptors (Lipinski definition) is 4. The van der Waals surface area contributed by atoms with Crippen molar-refractivity contribution in [3.63, 3.8) is 0 Å². The van der Waals surface area contributed by atoms with Crippen molar-refractivity contribution in [2.75, 3.05) is 27.2 Å². The summed E-state index contributed by atoms with van der Waals surface area (Å²) in [5.41, 5.74) is 1.30. The van der Waals surface area contributed by atoms with E-state index in [0.29, 0.717) is 12.0 Å². The molecule has 2 unspecified atom stereocenters. The molecule has 2 atom stereocenters. The van der Waals surface area contributed by atoms with Crippen molar-refractivity contribution in [1.82, 2.24) is 15.5 Å². The third kappa shape index (κ3) is 4.37. The average molecular weight is 363 g/mol. The number of thiophene rings is 2. The number of aliphatic imine (C=N–C) groups is 1. The number of guanidine groups is 1. The normalized spacial score (nSPS) is 22.5. The maximum absolute atomic E-state index is 4.37. The van der Waals surface area contributed by atoms with Gasteiger partial charge in [-0.25, -0.2) is 0 Å². The molecule has 0 aliphatic carbocycles. The summed E-state index contributed by atoms with van der Waals surface area (Å²) in [5.74, 6) is 1.50. The van der Waals surface area contributed by atoms with Crippen LogP contribution < -0.4 is 10.6 Å². The van der Waals surface area contributed by atoms with Crippen molar-refractivity contribution >= 4 is 28.6 Å². The third-order valence-electron chi connectivity index (χ3n) is 4.64. The number of nitrogens with zero attached hydrogens (tertiary/aromatic N) is 2. The molecule has 3 rings (SSSR count). The molecule has 0 aromatic carbocycles. The van der Waals surface area contributed by atoms with Crippen LogP contribution in [0, 0.1) is 5.92 Å². The minimum absolute atomic E-state index is 0.515. The molecule has 1 aliphatic heterocycles. The molecule has 2 aromatic rings. The maximum Gasteiger partial charge on any atom is 0.191 e. The highest BCUT2D eigenvalue weighted by atomic mass is 32.1. The van der Waals surface area contributed by atoms with Crippen LogP contribution in [-0.4, -0.2) is 38.0 Å². The third-order valence-corrected chi connectivity index (χ3v) is 6.31. The predicted molar refractivity (Wildman–Crippen MR) is 105 cm³/mol. The Hall–Kier alpha value is -1.37. The molecule has 0 bridgehead atoms. The first kappa shape index (κ1) is 17.5. The molecule has 0 saturated carbocycles. The fourth-order valence-electron chi connectivity index (χ4n) is 3.41. The quantitative estimate of drug-likeness (QED) is 0.631. The van der Waals surface area contributed by atoms with Gasteiger partial charge in [-0.15, -0.1) is 11.3 Å². The molecule has 1 aliphatic rings. The Balaban J connectivity index is 1.56. The molecular weight excluding hydrogens is 336 g/mol. The standard InChI is InChI=1S/C18H26N4S2/c1-19-18(20-11-14-7-10-23-13-14)21-12-15-5-3-8-22(2)17(15)16-6-4-9-24-16/h4,6-7,9-10,13,15,17H,3,5,8,11-12H2,1-2H3,(H2,19,20,21). The lowest BCUT2D eigenvalue weighted by Crippen LogP contribution is -2.44. The van der Waals surface area contributed by atoms with Crippen LogP contribution in [0.3, 0.4) is 0 Å². The molecule has 1 saturated heterocycles. The summed E-state index contributed by atoms with van der Waals surface area (Å²) in [6.45, 7) is 2.96. The smallest absolute Gasteiger partial charge is 0.191 e. The van der Waals surface area contributed by atoms with Gasteiger partial charge in [0.05, 0.1) is 0 Å². The van der Waals surface area contributed by atoms with Crippen LogP contribution in [0.5, 0.6) is 0 Å². The number of rotatable bonds is 5. The Morgan fingerprint density at radius 3 is 2.96 bits per heavy atom. The first-order chi connectivity index (χ1) is 11.8. The largest absolute Gasteiger partial charge is 0.356 e. The van der Waals surface area contributed by atoms with Gasteiger partial charge < -0.3 is 10.6 Å². The minimum Gasteiger partial charge on any atom is -0.356 e. The van der Waals surface area contributed by atoms with E-state index in [1.807, 2.05) is 18.4 Å². The molecule has 2 aromatic heterocycles. The Bertz CT molecular complexity index is 622. The number of piperidine rings is 1. The van der Waals surface area contributed by atoms with Crippen LogP contribution in [0.1, 0.15) is 29.3 Å². The van der Waals surface area contributed by atoms with Crippen LogP contribution in [0.25, 0.3) is 0 Å². The van der Waals surface area contributed by atoms with Gasteiger partial charge in [0.1, 0.15) is 0 Å². The van der Waals surface area contributed by atoms with Crippen molar-refractivity contribution in [1.29, 1.82) is 0 Å². The number of nitrogens with one attached hydrogen (secondary N) is 2. The zero-order chi connectivity index (χ0) is 16.8. The van der Waals surface area contributed by atoms with Gasteiger partial charge in [-0.2, -0.15) is 11.3 Å². The second kappa shape index (κ2) is 8.65. The van der Waals surface area contributed by atoms with E-state index >= 15 is 0 Å². The Kier molecular flexibility index (Phi) is 6.29. The molecule has 0 spiro atoms. The van der Waals surface area contributed by atoms with E-state index in [0.717, 1.165) is 19.0 Å². The van der Waals surface area contributed by atoms with Crippen LogP contribution in [0.2, 0.25) is 0 Å². The highest BCUT2D eigenvalue weighted by molar-refractivity contribution is 7.10. The molecule has 6 heteroatoms. The van der Waals surface area contributed by atoms with Crippen LogP contribution in [0.4, 0.5) is 0 Å². The van der Waals surface area contributed by atoms with E-state index in [1.54, 1.807) is 11.3 Å². The fraction of sp³-hybridized carbons (Fsp3) is 0.500. The van der Waals surface area contributed by atoms with Crippen molar-refractivity contribution in [2.24, 2.45) is 10.9 Å². The monoisotopic (exact) mass is 362 g/mol. The highest BCUT2D eigenvalue weighted by Crippen LogP contribution is 2.36.